The number of aliphatic hydroxyl groups is 1. The predicted molar refractivity (Wildman–Crippen MR) is 94.6 cm³/mol. The van der Waals surface area contributed by atoms with E-state index in [9.17, 15) is 24.6 Å². The van der Waals surface area contributed by atoms with Gasteiger partial charge in [0.05, 0.1) is 6.54 Å². The van der Waals surface area contributed by atoms with Gasteiger partial charge in [0.2, 0.25) is 0 Å². The molecule has 0 bridgehead atoms. The zero-order chi connectivity index (χ0) is 19.9. The highest BCUT2D eigenvalue weighted by Gasteiger charge is 2.27. The van der Waals surface area contributed by atoms with E-state index in [1.807, 2.05) is 13.8 Å². The van der Waals surface area contributed by atoms with Crippen LogP contribution in [-0.4, -0.2) is 63.4 Å². The van der Waals surface area contributed by atoms with Crippen LogP contribution in [0.5, 0.6) is 0 Å². The standard InChI is InChI=1S/C17H25N3O6/c1-10(2)8-20(9-14(21)16(24)25)17(26)19-13(15(22)23)7-11-3-5-12(18)6-4-11/h3-6,10,13-14,21H,7-9,18H2,1-2H3,(H,19,26)(H,22,23)(H,24,25)/t13-,14?/m0/s1. The van der Waals surface area contributed by atoms with Crippen LogP contribution in [-0.2, 0) is 16.0 Å². The first-order valence-corrected chi connectivity index (χ1v) is 8.13. The van der Waals surface area contributed by atoms with Crippen LogP contribution < -0.4 is 11.1 Å². The van der Waals surface area contributed by atoms with Gasteiger partial charge in [0.15, 0.2) is 6.10 Å². The third-order valence-corrected chi connectivity index (χ3v) is 3.57. The van der Waals surface area contributed by atoms with Crippen molar-refractivity contribution in [2.75, 3.05) is 18.8 Å². The van der Waals surface area contributed by atoms with Crippen LogP contribution in [0.1, 0.15) is 19.4 Å². The maximum atomic E-state index is 12.4. The molecule has 6 N–H and O–H groups in total. The number of hydrogen-bond acceptors (Lipinski definition) is 5. The number of carbonyl (C=O) groups excluding carboxylic acids is 1. The van der Waals surface area contributed by atoms with Gasteiger partial charge in [-0.15, -0.1) is 0 Å². The van der Waals surface area contributed by atoms with E-state index in [1.165, 1.54) is 0 Å². The summed E-state index contributed by atoms with van der Waals surface area (Å²) in [6.45, 7) is 3.37. The number of carboxylic acid groups (broad SMARTS) is 2. The minimum atomic E-state index is -1.75. The molecule has 9 heteroatoms. The van der Waals surface area contributed by atoms with Crippen molar-refractivity contribution in [1.82, 2.24) is 10.2 Å². The SMILES string of the molecule is CC(C)CN(CC(O)C(=O)O)C(=O)N[C@@H](Cc1ccc(N)cc1)C(=O)O. The minimum absolute atomic E-state index is 0.00196. The van der Waals surface area contributed by atoms with Crippen LogP contribution >= 0.6 is 0 Å². The number of amides is 2. The zero-order valence-electron chi connectivity index (χ0n) is 14.8. The number of urea groups is 1. The van der Waals surface area contributed by atoms with E-state index in [2.05, 4.69) is 5.32 Å². The number of nitrogens with two attached hydrogens (primary N) is 1. The lowest BCUT2D eigenvalue weighted by Gasteiger charge is -2.27. The van der Waals surface area contributed by atoms with Crippen molar-refractivity contribution < 1.29 is 29.7 Å². The molecular formula is C17H25N3O6. The van der Waals surface area contributed by atoms with Crippen LogP contribution in [0.2, 0.25) is 0 Å². The number of aliphatic carboxylic acids is 2. The van der Waals surface area contributed by atoms with Crippen molar-refractivity contribution in [3.63, 3.8) is 0 Å². The van der Waals surface area contributed by atoms with Crippen molar-refractivity contribution in [2.24, 2.45) is 5.92 Å². The van der Waals surface area contributed by atoms with Crippen LogP contribution in [0, 0.1) is 5.92 Å². The highest BCUT2D eigenvalue weighted by atomic mass is 16.4. The molecule has 1 unspecified atom stereocenters. The van der Waals surface area contributed by atoms with Gasteiger partial charge in [0.1, 0.15) is 6.04 Å². The second-order valence-corrected chi connectivity index (χ2v) is 6.44. The lowest BCUT2D eigenvalue weighted by molar-refractivity contribution is -0.147. The smallest absolute Gasteiger partial charge is 0.334 e. The first-order valence-electron chi connectivity index (χ1n) is 8.13. The molecule has 2 amide bonds. The number of carboxylic acids is 2. The van der Waals surface area contributed by atoms with Crippen molar-refractivity contribution in [3.05, 3.63) is 29.8 Å². The Bertz CT molecular complexity index is 632. The number of benzene rings is 1. The maximum Gasteiger partial charge on any atom is 0.334 e. The van der Waals surface area contributed by atoms with E-state index in [0.29, 0.717) is 11.3 Å². The summed E-state index contributed by atoms with van der Waals surface area (Å²) in [5.74, 6) is -2.68. The molecule has 0 radical (unpaired) electrons. The summed E-state index contributed by atoms with van der Waals surface area (Å²) >= 11 is 0. The highest BCUT2D eigenvalue weighted by Crippen LogP contribution is 2.09. The van der Waals surface area contributed by atoms with Gasteiger partial charge in [-0.2, -0.15) is 0 Å². The second-order valence-electron chi connectivity index (χ2n) is 6.44. The van der Waals surface area contributed by atoms with Crippen LogP contribution in [0.25, 0.3) is 0 Å². The molecular weight excluding hydrogens is 342 g/mol. The number of anilines is 1. The normalized spacial score (nSPS) is 13.1. The Morgan fingerprint density at radius 1 is 1.08 bits per heavy atom. The number of nitrogen functional groups attached to an aromatic ring is 1. The number of rotatable bonds is 9. The van der Waals surface area contributed by atoms with E-state index in [0.717, 1.165) is 4.90 Å². The van der Waals surface area contributed by atoms with E-state index < -0.39 is 36.7 Å². The molecule has 144 valence electrons. The molecule has 0 aromatic heterocycles. The molecule has 1 aromatic carbocycles. The molecule has 0 aliphatic heterocycles. The molecule has 1 rings (SSSR count). The van der Waals surface area contributed by atoms with Gasteiger partial charge in [-0.1, -0.05) is 26.0 Å². The van der Waals surface area contributed by atoms with E-state index in [1.54, 1.807) is 24.3 Å². The topological polar surface area (TPSA) is 153 Å². The summed E-state index contributed by atoms with van der Waals surface area (Å²) in [5, 5.41) is 30.1. The van der Waals surface area contributed by atoms with E-state index in [4.69, 9.17) is 10.8 Å². The lowest BCUT2D eigenvalue weighted by atomic mass is 10.1. The molecule has 0 heterocycles. The Hall–Kier alpha value is -2.81. The van der Waals surface area contributed by atoms with E-state index >= 15 is 0 Å². The van der Waals surface area contributed by atoms with Gasteiger partial charge in [-0.05, 0) is 23.6 Å². The fourth-order valence-electron chi connectivity index (χ4n) is 2.30. The van der Waals surface area contributed by atoms with Crippen molar-refractivity contribution >= 4 is 23.7 Å². The van der Waals surface area contributed by atoms with E-state index in [-0.39, 0.29) is 18.9 Å². The molecule has 0 fully saturated rings. The third-order valence-electron chi connectivity index (χ3n) is 3.57. The Morgan fingerprint density at radius 3 is 2.12 bits per heavy atom. The van der Waals surface area contributed by atoms with Crippen molar-refractivity contribution in [2.45, 2.75) is 32.4 Å². The Kier molecular flexibility index (Phi) is 7.85. The fraction of sp³-hybridized carbons (Fsp3) is 0.471. The second kappa shape index (κ2) is 9.62. The first kappa shape index (κ1) is 21.2. The average Bonchev–Trinajstić information content (AvgIpc) is 2.54. The minimum Gasteiger partial charge on any atom is -0.480 e. The van der Waals surface area contributed by atoms with Gasteiger partial charge in [-0.25, -0.2) is 14.4 Å². The van der Waals surface area contributed by atoms with Crippen molar-refractivity contribution in [3.8, 4) is 0 Å². The van der Waals surface area contributed by atoms with Gasteiger partial charge in [0.25, 0.3) is 0 Å². The summed E-state index contributed by atoms with van der Waals surface area (Å²) in [5.41, 5.74) is 6.80. The molecule has 0 spiro atoms. The molecule has 26 heavy (non-hydrogen) atoms. The summed E-state index contributed by atoms with van der Waals surface area (Å²) < 4.78 is 0. The summed E-state index contributed by atoms with van der Waals surface area (Å²) in [7, 11) is 0. The number of carbonyl (C=O) groups is 3. The third kappa shape index (κ3) is 6.98. The Balaban J connectivity index is 2.85. The molecule has 0 aliphatic carbocycles. The van der Waals surface area contributed by atoms with Crippen LogP contribution in [0.15, 0.2) is 24.3 Å². The zero-order valence-corrected chi connectivity index (χ0v) is 14.8. The summed E-state index contributed by atoms with van der Waals surface area (Å²) in [6.07, 6.45) is -1.71. The van der Waals surface area contributed by atoms with Gasteiger partial charge >= 0.3 is 18.0 Å². The predicted octanol–water partition coefficient (Wildman–Crippen LogP) is 0.378. The van der Waals surface area contributed by atoms with Gasteiger partial charge in [0, 0.05) is 18.7 Å². The quantitative estimate of drug-likeness (QED) is 0.395. The number of hydrogen-bond donors (Lipinski definition) is 5. The summed E-state index contributed by atoms with van der Waals surface area (Å²) in [6, 6.07) is 4.63. The molecule has 0 aliphatic rings. The van der Waals surface area contributed by atoms with Crippen LogP contribution in [0.4, 0.5) is 10.5 Å². The van der Waals surface area contributed by atoms with Crippen molar-refractivity contribution in [1.29, 1.82) is 0 Å². The molecule has 9 nitrogen and oxygen atoms in total. The molecule has 2 atom stereocenters. The Morgan fingerprint density at radius 2 is 1.65 bits per heavy atom. The number of nitrogens with zero attached hydrogens (tertiary/aromatic N) is 1. The van der Waals surface area contributed by atoms with Gasteiger partial charge < -0.3 is 31.3 Å². The fourth-order valence-corrected chi connectivity index (χ4v) is 2.30. The average molecular weight is 367 g/mol. The van der Waals surface area contributed by atoms with Crippen LogP contribution in [0.3, 0.4) is 0 Å². The monoisotopic (exact) mass is 367 g/mol. The first-order chi connectivity index (χ1) is 12.1. The largest absolute Gasteiger partial charge is 0.480 e. The maximum absolute atomic E-state index is 12.4. The molecule has 0 saturated heterocycles. The molecule has 0 saturated carbocycles. The lowest BCUT2D eigenvalue weighted by Crippen LogP contribution is -2.52. The van der Waals surface area contributed by atoms with Gasteiger partial charge in [-0.3, -0.25) is 0 Å². The Labute approximate surface area is 151 Å². The number of aliphatic hydroxyl groups excluding tert-OH is 1. The summed E-state index contributed by atoms with van der Waals surface area (Å²) in [4.78, 5) is 35.8. The highest BCUT2D eigenvalue weighted by molar-refractivity contribution is 5.83. The molecule has 1 aromatic rings. The number of nitrogens with one attached hydrogen (secondary N) is 1.